The second-order valence-corrected chi connectivity index (χ2v) is 8.28. The van der Waals surface area contributed by atoms with Crippen molar-refractivity contribution in [1.29, 1.82) is 0 Å². The maximum Gasteiger partial charge on any atom is 0.269 e. The van der Waals surface area contributed by atoms with Crippen LogP contribution in [-0.4, -0.2) is 13.3 Å². The van der Waals surface area contributed by atoms with Crippen LogP contribution in [0.25, 0.3) is 0 Å². The number of nitrogens with zero attached hydrogens (tertiary/aromatic N) is 1. The molecule has 0 amide bonds. The Morgan fingerprint density at radius 2 is 1.73 bits per heavy atom. The summed E-state index contributed by atoms with van der Waals surface area (Å²) in [5, 5.41) is 10.7. The average molecular weight is 374 g/mol. The fourth-order valence-electron chi connectivity index (χ4n) is 3.36. The number of hydrogen-bond donors (Lipinski definition) is 1. The summed E-state index contributed by atoms with van der Waals surface area (Å²) in [6.45, 7) is 1.93. The van der Waals surface area contributed by atoms with Gasteiger partial charge in [-0.1, -0.05) is 25.1 Å². The Kier molecular flexibility index (Phi) is 5.38. The van der Waals surface area contributed by atoms with Crippen molar-refractivity contribution in [2.75, 3.05) is 0 Å². The Balaban J connectivity index is 1.83. The summed E-state index contributed by atoms with van der Waals surface area (Å²) >= 11 is 0. The van der Waals surface area contributed by atoms with E-state index in [9.17, 15) is 18.5 Å². The van der Waals surface area contributed by atoms with Crippen LogP contribution in [0.4, 0.5) is 5.69 Å². The van der Waals surface area contributed by atoms with Crippen LogP contribution in [0.5, 0.6) is 0 Å². The second kappa shape index (κ2) is 7.55. The van der Waals surface area contributed by atoms with Gasteiger partial charge in [0, 0.05) is 18.2 Å². The minimum absolute atomic E-state index is 0.0273. The molecule has 138 valence electrons. The highest BCUT2D eigenvalue weighted by atomic mass is 32.2. The number of nitrogens with one attached hydrogen (secondary N) is 1. The van der Waals surface area contributed by atoms with Crippen molar-refractivity contribution in [1.82, 2.24) is 4.72 Å². The van der Waals surface area contributed by atoms with Crippen molar-refractivity contribution in [3.63, 3.8) is 0 Å². The monoisotopic (exact) mass is 374 g/mol. The predicted octanol–water partition coefficient (Wildman–Crippen LogP) is 3.90. The lowest BCUT2D eigenvalue weighted by Gasteiger charge is -2.21. The molecule has 1 aliphatic carbocycles. The van der Waals surface area contributed by atoms with Gasteiger partial charge in [0.15, 0.2) is 0 Å². The summed E-state index contributed by atoms with van der Waals surface area (Å²) in [6.07, 6.45) is 5.11. The Hall–Kier alpha value is -2.25. The first-order chi connectivity index (χ1) is 12.4. The normalized spacial score (nSPS) is 15.3. The van der Waals surface area contributed by atoms with Crippen molar-refractivity contribution in [3.05, 3.63) is 69.3 Å². The van der Waals surface area contributed by atoms with Gasteiger partial charge in [0.25, 0.3) is 5.69 Å². The molecule has 0 bridgehead atoms. The van der Waals surface area contributed by atoms with Crippen LogP contribution >= 0.6 is 0 Å². The first-order valence-electron chi connectivity index (χ1n) is 8.79. The minimum Gasteiger partial charge on any atom is -0.258 e. The number of aryl methyl sites for hydroxylation is 2. The Labute approximate surface area is 153 Å². The summed E-state index contributed by atoms with van der Waals surface area (Å²) in [6, 6.07) is 10.8. The fraction of sp³-hybridized carbons (Fsp3) is 0.368. The van der Waals surface area contributed by atoms with Crippen molar-refractivity contribution in [2.24, 2.45) is 0 Å². The third-order valence-corrected chi connectivity index (χ3v) is 6.33. The van der Waals surface area contributed by atoms with Crippen LogP contribution in [0.2, 0.25) is 0 Å². The van der Waals surface area contributed by atoms with Crippen molar-refractivity contribution in [2.45, 2.75) is 50.0 Å². The third kappa shape index (κ3) is 3.94. The smallest absolute Gasteiger partial charge is 0.258 e. The van der Waals surface area contributed by atoms with E-state index < -0.39 is 14.9 Å². The number of hydrogen-bond acceptors (Lipinski definition) is 4. The molecule has 6 nitrogen and oxygen atoms in total. The highest BCUT2D eigenvalue weighted by Crippen LogP contribution is 2.27. The summed E-state index contributed by atoms with van der Waals surface area (Å²) < 4.78 is 28.1. The van der Waals surface area contributed by atoms with Gasteiger partial charge in [-0.05, 0) is 60.9 Å². The van der Waals surface area contributed by atoms with Gasteiger partial charge in [0.1, 0.15) is 0 Å². The van der Waals surface area contributed by atoms with E-state index in [-0.39, 0.29) is 16.6 Å². The quantitative estimate of drug-likeness (QED) is 0.613. The van der Waals surface area contributed by atoms with Gasteiger partial charge in [-0.15, -0.1) is 0 Å². The molecule has 1 aliphatic rings. The van der Waals surface area contributed by atoms with Crippen molar-refractivity contribution in [3.8, 4) is 0 Å². The van der Waals surface area contributed by atoms with Gasteiger partial charge in [0.2, 0.25) is 10.0 Å². The van der Waals surface area contributed by atoms with Crippen LogP contribution in [0.3, 0.4) is 0 Å². The average Bonchev–Trinajstić information content (AvgIpc) is 2.65. The lowest BCUT2D eigenvalue weighted by molar-refractivity contribution is -0.384. The van der Waals surface area contributed by atoms with Crippen LogP contribution in [0, 0.1) is 10.1 Å². The summed E-state index contributed by atoms with van der Waals surface area (Å²) in [5.41, 5.74) is 3.49. The zero-order valence-electron chi connectivity index (χ0n) is 14.6. The Bertz CT molecular complexity index is 908. The van der Waals surface area contributed by atoms with E-state index in [2.05, 4.69) is 16.9 Å². The van der Waals surface area contributed by atoms with Gasteiger partial charge < -0.3 is 0 Å². The number of fused-ring (bicyclic) bond motifs is 1. The van der Waals surface area contributed by atoms with Gasteiger partial charge >= 0.3 is 0 Å². The topological polar surface area (TPSA) is 89.3 Å². The molecule has 3 rings (SSSR count). The van der Waals surface area contributed by atoms with Crippen LogP contribution < -0.4 is 4.72 Å². The van der Waals surface area contributed by atoms with Crippen LogP contribution in [-0.2, 0) is 22.9 Å². The number of non-ortho nitro benzene ring substituents is 1. The SMILES string of the molecule is CCC(NS(=O)(=O)c1ccc([N+](=O)[O-])cc1)c1ccc2c(c1)CCCC2. The van der Waals surface area contributed by atoms with E-state index in [1.165, 1.54) is 48.2 Å². The molecule has 1 unspecified atom stereocenters. The zero-order valence-corrected chi connectivity index (χ0v) is 15.5. The Morgan fingerprint density at radius 1 is 1.08 bits per heavy atom. The lowest BCUT2D eigenvalue weighted by Crippen LogP contribution is -2.28. The highest BCUT2D eigenvalue weighted by molar-refractivity contribution is 7.89. The van der Waals surface area contributed by atoms with Crippen molar-refractivity contribution < 1.29 is 13.3 Å². The van der Waals surface area contributed by atoms with Crippen LogP contribution in [0.1, 0.15) is 48.9 Å². The number of sulfonamides is 1. The molecule has 0 spiro atoms. The largest absolute Gasteiger partial charge is 0.269 e. The molecule has 2 aromatic carbocycles. The Morgan fingerprint density at radius 3 is 2.35 bits per heavy atom. The standard InChI is InChI=1S/C19H22N2O4S/c1-2-19(16-8-7-14-5-3-4-6-15(14)13-16)20-26(24,25)18-11-9-17(10-12-18)21(22)23/h7-13,19-20H,2-6H2,1H3. The third-order valence-electron chi connectivity index (χ3n) is 4.84. The molecular weight excluding hydrogens is 352 g/mol. The van der Waals surface area contributed by atoms with E-state index in [4.69, 9.17) is 0 Å². The molecule has 0 radical (unpaired) electrons. The van der Waals surface area contributed by atoms with E-state index in [1.54, 1.807) is 0 Å². The second-order valence-electron chi connectivity index (χ2n) is 6.57. The maximum atomic E-state index is 12.7. The predicted molar refractivity (Wildman–Crippen MR) is 99.5 cm³/mol. The van der Waals surface area contributed by atoms with E-state index in [0.717, 1.165) is 18.4 Å². The summed E-state index contributed by atoms with van der Waals surface area (Å²) in [5.74, 6) is 0. The van der Waals surface area contributed by atoms with Gasteiger partial charge in [-0.25, -0.2) is 13.1 Å². The fourth-order valence-corrected chi connectivity index (χ4v) is 4.67. The molecule has 26 heavy (non-hydrogen) atoms. The zero-order chi connectivity index (χ0) is 18.7. The number of nitro groups is 1. The van der Waals surface area contributed by atoms with E-state index in [1.807, 2.05) is 13.0 Å². The van der Waals surface area contributed by atoms with E-state index >= 15 is 0 Å². The summed E-state index contributed by atoms with van der Waals surface area (Å²) in [7, 11) is -3.76. The highest BCUT2D eigenvalue weighted by Gasteiger charge is 2.22. The van der Waals surface area contributed by atoms with Crippen molar-refractivity contribution >= 4 is 15.7 Å². The molecule has 0 saturated carbocycles. The maximum absolute atomic E-state index is 12.7. The molecule has 1 N–H and O–H groups in total. The first-order valence-corrected chi connectivity index (χ1v) is 10.3. The molecule has 0 aliphatic heterocycles. The molecule has 7 heteroatoms. The molecule has 0 heterocycles. The number of nitro benzene ring substituents is 1. The molecule has 0 aromatic heterocycles. The molecule has 0 fully saturated rings. The number of rotatable bonds is 6. The van der Waals surface area contributed by atoms with Gasteiger partial charge in [-0.3, -0.25) is 10.1 Å². The molecule has 2 aromatic rings. The van der Waals surface area contributed by atoms with E-state index in [0.29, 0.717) is 6.42 Å². The van der Waals surface area contributed by atoms with Crippen LogP contribution in [0.15, 0.2) is 47.4 Å². The number of benzene rings is 2. The molecular formula is C19H22N2O4S. The first kappa shape index (κ1) is 18.5. The summed E-state index contributed by atoms with van der Waals surface area (Å²) in [4.78, 5) is 10.2. The molecule has 0 saturated heterocycles. The van der Waals surface area contributed by atoms with Gasteiger partial charge in [-0.2, -0.15) is 0 Å². The molecule has 1 atom stereocenters. The minimum atomic E-state index is -3.76. The lowest BCUT2D eigenvalue weighted by atomic mass is 9.89. The van der Waals surface area contributed by atoms with Gasteiger partial charge in [0.05, 0.1) is 9.82 Å².